The molecule has 1 saturated heterocycles. The van der Waals surface area contributed by atoms with Gasteiger partial charge in [-0.25, -0.2) is 4.79 Å². The first kappa shape index (κ1) is 14.7. The fraction of sp³-hybridized carbons (Fsp3) is 0.842. The van der Waals surface area contributed by atoms with Crippen LogP contribution in [0.15, 0.2) is 11.6 Å². The highest BCUT2D eigenvalue weighted by molar-refractivity contribution is 5.91. The van der Waals surface area contributed by atoms with Crippen LogP contribution in [0.2, 0.25) is 0 Å². The Morgan fingerprint density at radius 3 is 2.77 bits per heavy atom. The van der Waals surface area contributed by atoms with Gasteiger partial charge in [0.1, 0.15) is 6.61 Å². The average Bonchev–Trinajstić information content (AvgIpc) is 3.02. The number of carbonyl (C=O) groups excluding carboxylic acids is 1. The number of ether oxygens (including phenoxy) is 2. The Labute approximate surface area is 133 Å². The molecule has 0 aromatic carbocycles. The largest absolute Gasteiger partial charge is 0.458 e. The van der Waals surface area contributed by atoms with Crippen LogP contribution in [0.5, 0.6) is 0 Å². The van der Waals surface area contributed by atoms with Gasteiger partial charge < -0.3 is 9.47 Å². The Morgan fingerprint density at radius 2 is 2.05 bits per heavy atom. The molecule has 0 spiro atoms. The summed E-state index contributed by atoms with van der Waals surface area (Å²) in [5.74, 6) is 2.07. The number of hydrogen-bond acceptors (Lipinski definition) is 3. The predicted octanol–water partition coefficient (Wildman–Crippen LogP) is 3.87. The van der Waals surface area contributed by atoms with Crippen LogP contribution in [-0.4, -0.2) is 24.3 Å². The van der Waals surface area contributed by atoms with Gasteiger partial charge in [-0.1, -0.05) is 26.7 Å². The normalized spacial score (nSPS) is 51.0. The molecule has 2 aliphatic carbocycles. The van der Waals surface area contributed by atoms with Crippen LogP contribution in [0.4, 0.5) is 0 Å². The molecule has 0 bridgehead atoms. The van der Waals surface area contributed by atoms with Gasteiger partial charge in [0.15, 0.2) is 0 Å². The van der Waals surface area contributed by atoms with Crippen LogP contribution < -0.4 is 0 Å². The first-order valence-electron chi connectivity index (χ1n) is 8.99. The second-order valence-electron chi connectivity index (χ2n) is 8.49. The first-order chi connectivity index (χ1) is 10.4. The van der Waals surface area contributed by atoms with E-state index in [1.165, 1.54) is 25.7 Å². The van der Waals surface area contributed by atoms with E-state index in [0.717, 1.165) is 30.3 Å². The molecular formula is C19H28O3. The SMILES string of the molecule is C[C@H]1CCC[C@]2(C)C1CC[C@@]1(C)O[C@H](C3=CCOC3=O)CC21. The second-order valence-corrected chi connectivity index (χ2v) is 8.49. The van der Waals surface area contributed by atoms with Crippen molar-refractivity contribution in [3.05, 3.63) is 11.6 Å². The highest BCUT2D eigenvalue weighted by Gasteiger charge is 2.60. The minimum atomic E-state index is -0.161. The standard InChI is InChI=1S/C19H28O3/c1-12-5-4-8-18(2)14(12)6-9-19(3)16(18)11-15(22-19)13-7-10-21-17(13)20/h7,12,14-16H,4-6,8-11H2,1-3H3/t12-,14?,15-,16?,18+,19+/m0/s1. The van der Waals surface area contributed by atoms with E-state index in [1.54, 1.807) is 0 Å². The van der Waals surface area contributed by atoms with E-state index in [-0.39, 0.29) is 17.7 Å². The third kappa shape index (κ3) is 1.94. The van der Waals surface area contributed by atoms with Crippen molar-refractivity contribution < 1.29 is 14.3 Å². The van der Waals surface area contributed by atoms with Gasteiger partial charge in [-0.15, -0.1) is 0 Å². The lowest BCUT2D eigenvalue weighted by molar-refractivity contribution is -0.142. The lowest BCUT2D eigenvalue weighted by Crippen LogP contribution is -2.53. The zero-order valence-electron chi connectivity index (χ0n) is 14.1. The molecule has 0 aromatic heterocycles. The van der Waals surface area contributed by atoms with Gasteiger partial charge in [0, 0.05) is 0 Å². The summed E-state index contributed by atoms with van der Waals surface area (Å²) in [5.41, 5.74) is 1.10. The Bertz CT molecular complexity index is 525. The van der Waals surface area contributed by atoms with Crippen molar-refractivity contribution in [3.8, 4) is 0 Å². The Hall–Kier alpha value is -0.830. The average molecular weight is 304 g/mol. The van der Waals surface area contributed by atoms with Crippen LogP contribution in [0.1, 0.15) is 59.3 Å². The smallest absolute Gasteiger partial charge is 0.336 e. The van der Waals surface area contributed by atoms with Crippen molar-refractivity contribution in [2.75, 3.05) is 6.61 Å². The van der Waals surface area contributed by atoms with Gasteiger partial charge in [0.2, 0.25) is 0 Å². The number of rotatable bonds is 1. The number of esters is 1. The molecule has 2 saturated carbocycles. The van der Waals surface area contributed by atoms with Gasteiger partial charge in [-0.3, -0.25) is 0 Å². The van der Waals surface area contributed by atoms with Crippen molar-refractivity contribution in [2.45, 2.75) is 71.0 Å². The minimum absolute atomic E-state index is 0.0437. The summed E-state index contributed by atoms with van der Waals surface area (Å²) < 4.78 is 11.6. The van der Waals surface area contributed by atoms with Gasteiger partial charge in [-0.05, 0) is 61.9 Å². The molecule has 4 aliphatic rings. The molecule has 3 nitrogen and oxygen atoms in total. The molecule has 122 valence electrons. The molecule has 0 amide bonds. The van der Waals surface area contributed by atoms with Gasteiger partial charge in [-0.2, -0.15) is 0 Å². The molecule has 2 aliphatic heterocycles. The molecule has 6 atom stereocenters. The first-order valence-corrected chi connectivity index (χ1v) is 8.99. The molecule has 0 aromatic rings. The van der Waals surface area contributed by atoms with Crippen LogP contribution >= 0.6 is 0 Å². The van der Waals surface area contributed by atoms with Crippen molar-refractivity contribution >= 4 is 5.97 Å². The molecule has 2 heterocycles. The summed E-state index contributed by atoms with van der Waals surface area (Å²) in [7, 11) is 0. The second kappa shape index (κ2) is 4.83. The molecule has 3 fully saturated rings. The van der Waals surface area contributed by atoms with Crippen molar-refractivity contribution in [1.82, 2.24) is 0 Å². The van der Waals surface area contributed by atoms with E-state index >= 15 is 0 Å². The minimum Gasteiger partial charge on any atom is -0.458 e. The number of cyclic esters (lactones) is 1. The van der Waals surface area contributed by atoms with E-state index in [1.807, 2.05) is 6.08 Å². The molecule has 22 heavy (non-hydrogen) atoms. The van der Waals surface area contributed by atoms with Crippen molar-refractivity contribution in [2.24, 2.45) is 23.2 Å². The monoisotopic (exact) mass is 304 g/mol. The molecular weight excluding hydrogens is 276 g/mol. The van der Waals surface area contributed by atoms with Gasteiger partial charge >= 0.3 is 5.97 Å². The van der Waals surface area contributed by atoms with E-state index in [0.29, 0.717) is 17.9 Å². The highest BCUT2D eigenvalue weighted by Crippen LogP contribution is 2.63. The molecule has 2 unspecified atom stereocenters. The Balaban J connectivity index is 1.64. The zero-order chi connectivity index (χ0) is 15.5. The molecule has 0 N–H and O–H groups in total. The fourth-order valence-corrected chi connectivity index (χ4v) is 6.28. The van der Waals surface area contributed by atoms with Crippen LogP contribution in [0.25, 0.3) is 0 Å². The molecule has 0 radical (unpaired) electrons. The van der Waals surface area contributed by atoms with Crippen molar-refractivity contribution in [3.63, 3.8) is 0 Å². The topological polar surface area (TPSA) is 35.5 Å². The number of fused-ring (bicyclic) bond motifs is 3. The lowest BCUT2D eigenvalue weighted by Gasteiger charge is -2.57. The maximum atomic E-state index is 11.9. The highest BCUT2D eigenvalue weighted by atomic mass is 16.5. The summed E-state index contributed by atoms with van der Waals surface area (Å²) in [6.07, 6.45) is 9.34. The quantitative estimate of drug-likeness (QED) is 0.690. The lowest BCUT2D eigenvalue weighted by atomic mass is 9.49. The third-order valence-corrected chi connectivity index (χ3v) is 7.36. The van der Waals surface area contributed by atoms with Crippen LogP contribution in [0.3, 0.4) is 0 Å². The van der Waals surface area contributed by atoms with Crippen LogP contribution in [-0.2, 0) is 14.3 Å². The maximum Gasteiger partial charge on any atom is 0.336 e. The van der Waals surface area contributed by atoms with Gasteiger partial charge in [0.05, 0.1) is 17.3 Å². The number of hydrogen-bond donors (Lipinski definition) is 0. The Morgan fingerprint density at radius 1 is 1.23 bits per heavy atom. The molecule has 3 heteroatoms. The summed E-state index contributed by atoms with van der Waals surface area (Å²) in [4.78, 5) is 11.9. The van der Waals surface area contributed by atoms with Crippen molar-refractivity contribution in [1.29, 1.82) is 0 Å². The third-order valence-electron chi connectivity index (χ3n) is 7.36. The summed E-state index contributed by atoms with van der Waals surface area (Å²) in [6, 6.07) is 0. The van der Waals surface area contributed by atoms with Crippen LogP contribution in [0, 0.1) is 23.2 Å². The maximum absolute atomic E-state index is 11.9. The summed E-state index contributed by atoms with van der Waals surface area (Å²) in [6.45, 7) is 7.66. The number of carbonyl (C=O) groups is 1. The van der Waals surface area contributed by atoms with Gasteiger partial charge in [0.25, 0.3) is 0 Å². The zero-order valence-corrected chi connectivity index (χ0v) is 14.1. The fourth-order valence-electron chi connectivity index (χ4n) is 6.28. The van der Waals surface area contributed by atoms with E-state index < -0.39 is 0 Å². The Kier molecular flexibility index (Phi) is 3.24. The summed E-state index contributed by atoms with van der Waals surface area (Å²) in [5, 5.41) is 0. The van der Waals surface area contributed by atoms with E-state index in [2.05, 4.69) is 20.8 Å². The molecule has 4 rings (SSSR count). The summed E-state index contributed by atoms with van der Waals surface area (Å²) >= 11 is 0. The predicted molar refractivity (Wildman–Crippen MR) is 84.3 cm³/mol. The van der Waals surface area contributed by atoms with E-state index in [4.69, 9.17) is 9.47 Å². The van der Waals surface area contributed by atoms with E-state index in [9.17, 15) is 4.79 Å².